The maximum atomic E-state index is 12.7. The SMILES string of the molecule is NN=C(C=Nc1cccc(OC(F)F)c1)COc1ncc(F)cn1. The lowest BCUT2D eigenvalue weighted by atomic mass is 10.3. The monoisotopic (exact) mass is 339 g/mol. The van der Waals surface area contributed by atoms with Crippen molar-refractivity contribution in [2.75, 3.05) is 6.61 Å². The van der Waals surface area contributed by atoms with Crippen LogP contribution < -0.4 is 15.3 Å². The third-order valence-electron chi connectivity index (χ3n) is 2.52. The van der Waals surface area contributed by atoms with Crippen molar-refractivity contribution >= 4 is 17.6 Å². The number of rotatable bonds is 7. The zero-order chi connectivity index (χ0) is 17.4. The van der Waals surface area contributed by atoms with E-state index in [1.165, 1.54) is 24.4 Å². The van der Waals surface area contributed by atoms with Crippen LogP contribution in [-0.2, 0) is 0 Å². The smallest absolute Gasteiger partial charge is 0.387 e. The summed E-state index contributed by atoms with van der Waals surface area (Å²) in [7, 11) is 0. The van der Waals surface area contributed by atoms with Gasteiger partial charge in [0.15, 0.2) is 5.82 Å². The van der Waals surface area contributed by atoms with Crippen molar-refractivity contribution in [2.45, 2.75) is 6.61 Å². The number of nitrogens with zero attached hydrogens (tertiary/aromatic N) is 4. The van der Waals surface area contributed by atoms with Gasteiger partial charge in [0.2, 0.25) is 0 Å². The van der Waals surface area contributed by atoms with E-state index < -0.39 is 12.4 Å². The number of hydrogen-bond donors (Lipinski definition) is 1. The van der Waals surface area contributed by atoms with Crippen molar-refractivity contribution in [3.63, 3.8) is 0 Å². The lowest BCUT2D eigenvalue weighted by Gasteiger charge is -2.05. The Bertz CT molecular complexity index is 723. The molecule has 0 aliphatic carbocycles. The number of nitrogens with two attached hydrogens (primary N) is 1. The summed E-state index contributed by atoms with van der Waals surface area (Å²) in [5, 5.41) is 3.47. The summed E-state index contributed by atoms with van der Waals surface area (Å²) in [6.45, 7) is -3.03. The van der Waals surface area contributed by atoms with Crippen molar-refractivity contribution in [3.05, 3.63) is 42.5 Å². The molecule has 0 unspecified atom stereocenters. The summed E-state index contributed by atoms with van der Waals surface area (Å²) in [5.41, 5.74) is 0.579. The minimum Gasteiger partial charge on any atom is -0.457 e. The number of ether oxygens (including phenoxy) is 2. The number of aromatic nitrogens is 2. The Kier molecular flexibility index (Phi) is 6.06. The standard InChI is InChI=1S/C14H12F3N5O2/c15-9-5-20-14(21-6-9)23-8-11(22-18)7-19-10-2-1-3-12(4-10)24-13(16)17/h1-7,13H,8,18H2. The van der Waals surface area contributed by atoms with E-state index in [-0.39, 0.29) is 24.1 Å². The molecular formula is C14H12F3N5O2. The Hall–Kier alpha value is -3.17. The highest BCUT2D eigenvalue weighted by Crippen LogP contribution is 2.21. The van der Waals surface area contributed by atoms with Gasteiger partial charge in [-0.05, 0) is 12.1 Å². The molecule has 0 spiro atoms. The first-order chi connectivity index (χ1) is 11.6. The molecule has 2 rings (SSSR count). The van der Waals surface area contributed by atoms with Crippen LogP contribution >= 0.6 is 0 Å². The minimum atomic E-state index is -2.92. The third-order valence-corrected chi connectivity index (χ3v) is 2.52. The zero-order valence-corrected chi connectivity index (χ0v) is 12.1. The van der Waals surface area contributed by atoms with Gasteiger partial charge in [-0.3, -0.25) is 4.99 Å². The van der Waals surface area contributed by atoms with Gasteiger partial charge in [-0.1, -0.05) is 6.07 Å². The van der Waals surface area contributed by atoms with Crippen molar-refractivity contribution in [1.82, 2.24) is 9.97 Å². The normalized spacial score (nSPS) is 11.9. The molecule has 24 heavy (non-hydrogen) atoms. The average molecular weight is 339 g/mol. The number of benzene rings is 1. The molecule has 1 aromatic heterocycles. The fourth-order valence-corrected chi connectivity index (χ4v) is 1.51. The van der Waals surface area contributed by atoms with E-state index in [0.717, 1.165) is 12.4 Å². The molecule has 7 nitrogen and oxygen atoms in total. The summed E-state index contributed by atoms with van der Waals surface area (Å²) < 4.78 is 46.4. The molecule has 0 saturated carbocycles. The van der Waals surface area contributed by atoms with Crippen LogP contribution in [0.15, 0.2) is 46.8 Å². The minimum absolute atomic E-state index is 0.0261. The van der Waals surface area contributed by atoms with Crippen LogP contribution in [-0.4, -0.2) is 35.1 Å². The van der Waals surface area contributed by atoms with Gasteiger partial charge < -0.3 is 15.3 Å². The van der Waals surface area contributed by atoms with Crippen LogP contribution in [0, 0.1) is 5.82 Å². The van der Waals surface area contributed by atoms with Crippen molar-refractivity contribution < 1.29 is 22.6 Å². The number of aliphatic imine (C=N–C) groups is 1. The lowest BCUT2D eigenvalue weighted by Crippen LogP contribution is -2.16. The van der Waals surface area contributed by atoms with E-state index in [1.807, 2.05) is 0 Å². The van der Waals surface area contributed by atoms with Gasteiger partial charge in [-0.2, -0.15) is 13.9 Å². The predicted molar refractivity (Wildman–Crippen MR) is 80.3 cm³/mol. The van der Waals surface area contributed by atoms with Crippen LogP contribution in [0.1, 0.15) is 0 Å². The molecule has 0 fully saturated rings. The number of halogens is 3. The largest absolute Gasteiger partial charge is 0.457 e. The molecule has 1 heterocycles. The lowest BCUT2D eigenvalue weighted by molar-refractivity contribution is -0.0498. The third kappa shape index (κ3) is 5.55. The van der Waals surface area contributed by atoms with Crippen LogP contribution in [0.5, 0.6) is 11.8 Å². The molecule has 1 aromatic carbocycles. The fourth-order valence-electron chi connectivity index (χ4n) is 1.51. The van der Waals surface area contributed by atoms with Crippen molar-refractivity contribution in [2.24, 2.45) is 15.9 Å². The Morgan fingerprint density at radius 2 is 2.04 bits per heavy atom. The van der Waals surface area contributed by atoms with Gasteiger partial charge in [0.1, 0.15) is 18.1 Å². The molecule has 0 radical (unpaired) electrons. The quantitative estimate of drug-likeness (QED) is 0.474. The topological polar surface area (TPSA) is 95.0 Å². The van der Waals surface area contributed by atoms with Gasteiger partial charge in [-0.15, -0.1) is 0 Å². The van der Waals surface area contributed by atoms with Crippen LogP contribution in [0.4, 0.5) is 18.9 Å². The summed E-state index contributed by atoms with van der Waals surface area (Å²) in [4.78, 5) is 11.2. The molecule has 0 saturated heterocycles. The highest BCUT2D eigenvalue weighted by atomic mass is 19.3. The second-order valence-electron chi connectivity index (χ2n) is 4.23. The Balaban J connectivity index is 1.97. The molecular weight excluding hydrogens is 327 g/mol. The van der Waals surface area contributed by atoms with Crippen LogP contribution in [0.3, 0.4) is 0 Å². The Morgan fingerprint density at radius 1 is 1.29 bits per heavy atom. The van der Waals surface area contributed by atoms with Crippen molar-refractivity contribution in [1.29, 1.82) is 0 Å². The number of alkyl halides is 2. The second kappa shape index (κ2) is 8.46. The molecule has 2 N–H and O–H groups in total. The highest BCUT2D eigenvalue weighted by Gasteiger charge is 2.05. The maximum absolute atomic E-state index is 12.7. The van der Waals surface area contributed by atoms with Gasteiger partial charge in [-0.25, -0.2) is 14.4 Å². The summed E-state index contributed by atoms with van der Waals surface area (Å²) in [6.07, 6.45) is 3.18. The number of hydrazone groups is 1. The first-order valence-electron chi connectivity index (χ1n) is 6.53. The molecule has 2 aromatic rings. The Morgan fingerprint density at radius 3 is 2.71 bits per heavy atom. The molecule has 10 heteroatoms. The molecule has 126 valence electrons. The first-order valence-corrected chi connectivity index (χ1v) is 6.53. The highest BCUT2D eigenvalue weighted by molar-refractivity contribution is 6.31. The summed E-state index contributed by atoms with van der Waals surface area (Å²) >= 11 is 0. The summed E-state index contributed by atoms with van der Waals surface area (Å²) in [6, 6.07) is 5.72. The molecule has 0 amide bonds. The van der Waals surface area contributed by atoms with E-state index in [0.29, 0.717) is 5.69 Å². The number of hydrogen-bond acceptors (Lipinski definition) is 7. The molecule has 0 aliphatic heterocycles. The zero-order valence-electron chi connectivity index (χ0n) is 12.1. The Labute approximate surface area is 134 Å². The second-order valence-corrected chi connectivity index (χ2v) is 4.23. The van der Waals surface area contributed by atoms with Gasteiger partial charge in [0, 0.05) is 6.07 Å². The van der Waals surface area contributed by atoms with E-state index in [9.17, 15) is 13.2 Å². The first kappa shape index (κ1) is 17.2. The predicted octanol–water partition coefficient (Wildman–Crippen LogP) is 2.31. The molecule has 0 atom stereocenters. The van der Waals surface area contributed by atoms with Gasteiger partial charge in [0.25, 0.3) is 0 Å². The van der Waals surface area contributed by atoms with E-state index in [4.69, 9.17) is 10.6 Å². The van der Waals surface area contributed by atoms with E-state index in [2.05, 4.69) is 24.8 Å². The van der Waals surface area contributed by atoms with E-state index >= 15 is 0 Å². The van der Waals surface area contributed by atoms with Crippen molar-refractivity contribution in [3.8, 4) is 11.8 Å². The molecule has 0 aliphatic rings. The van der Waals surface area contributed by atoms with Crippen LogP contribution in [0.2, 0.25) is 0 Å². The average Bonchev–Trinajstić information content (AvgIpc) is 2.56. The van der Waals surface area contributed by atoms with Crippen LogP contribution in [0.25, 0.3) is 0 Å². The summed E-state index contributed by atoms with van der Waals surface area (Å²) in [5.74, 6) is 4.59. The van der Waals surface area contributed by atoms with Gasteiger partial charge >= 0.3 is 12.6 Å². The maximum Gasteiger partial charge on any atom is 0.387 e. The van der Waals surface area contributed by atoms with E-state index in [1.54, 1.807) is 6.07 Å². The molecule has 0 bridgehead atoms. The fraction of sp³-hybridized carbons (Fsp3) is 0.143. The van der Waals surface area contributed by atoms with Gasteiger partial charge in [0.05, 0.1) is 24.3 Å².